The van der Waals surface area contributed by atoms with Gasteiger partial charge in [-0.3, -0.25) is 0 Å². The van der Waals surface area contributed by atoms with Gasteiger partial charge in [0.1, 0.15) is 11.4 Å². The summed E-state index contributed by atoms with van der Waals surface area (Å²) in [4.78, 5) is 0. The van der Waals surface area contributed by atoms with E-state index in [9.17, 15) is 0 Å². The molecule has 1 fully saturated rings. The Kier molecular flexibility index (Phi) is 1.78. The van der Waals surface area contributed by atoms with Crippen molar-refractivity contribution in [2.75, 3.05) is 0 Å². The molecule has 0 radical (unpaired) electrons. The maximum atomic E-state index is 6.05. The Hall–Kier alpha value is -0.690. The first-order valence-corrected chi connectivity index (χ1v) is 5.63. The van der Waals surface area contributed by atoms with Gasteiger partial charge in [0.05, 0.1) is 0 Å². The van der Waals surface area contributed by atoms with Crippen LogP contribution in [0, 0.1) is 0 Å². The lowest BCUT2D eigenvalue weighted by molar-refractivity contribution is -0.0249. The summed E-state index contributed by atoms with van der Waals surface area (Å²) in [5.74, 6) is 1.06. The van der Waals surface area contributed by atoms with Gasteiger partial charge in [-0.15, -0.1) is 0 Å². The zero-order chi connectivity index (χ0) is 9.60. The lowest BCUT2D eigenvalue weighted by Crippen LogP contribution is -2.45. The summed E-state index contributed by atoms with van der Waals surface area (Å²) in [5, 5.41) is 0.817. The van der Waals surface area contributed by atoms with E-state index >= 15 is 0 Å². The second-order valence-corrected chi connectivity index (χ2v) is 4.83. The van der Waals surface area contributed by atoms with Crippen molar-refractivity contribution in [3.8, 4) is 5.75 Å². The molecule has 1 heterocycles. The van der Waals surface area contributed by atoms with Gasteiger partial charge < -0.3 is 4.74 Å². The van der Waals surface area contributed by atoms with Crippen LogP contribution in [0.5, 0.6) is 5.75 Å². The second-order valence-electron chi connectivity index (χ2n) is 4.39. The molecule has 1 spiro atoms. The zero-order valence-electron chi connectivity index (χ0n) is 8.05. The maximum Gasteiger partial charge on any atom is 0.123 e. The molecule has 1 aromatic carbocycles. The molecular weight excluding hydrogens is 196 g/mol. The second kappa shape index (κ2) is 2.90. The summed E-state index contributed by atoms with van der Waals surface area (Å²) in [7, 11) is 0. The Bertz CT molecular complexity index is 369. The molecule has 0 saturated heterocycles. The molecule has 0 atom stereocenters. The van der Waals surface area contributed by atoms with Crippen LogP contribution in [0.3, 0.4) is 0 Å². The minimum Gasteiger partial charge on any atom is -0.487 e. The van der Waals surface area contributed by atoms with Gasteiger partial charge in [-0.1, -0.05) is 11.6 Å². The molecule has 0 bridgehead atoms. The van der Waals surface area contributed by atoms with Crippen molar-refractivity contribution in [3.63, 3.8) is 0 Å². The summed E-state index contributed by atoms with van der Waals surface area (Å²) in [6.45, 7) is 0. The van der Waals surface area contributed by atoms with E-state index in [1.165, 1.54) is 31.2 Å². The number of ether oxygens (including phenoxy) is 1. The van der Waals surface area contributed by atoms with Gasteiger partial charge in [0.15, 0.2) is 0 Å². The first-order chi connectivity index (χ1) is 6.77. The van der Waals surface area contributed by atoms with E-state index in [-0.39, 0.29) is 5.60 Å². The fourth-order valence-electron chi connectivity index (χ4n) is 2.41. The van der Waals surface area contributed by atoms with Crippen LogP contribution in [0.2, 0.25) is 5.02 Å². The van der Waals surface area contributed by atoms with Crippen LogP contribution in [-0.2, 0) is 6.42 Å². The number of hydrogen-bond donors (Lipinski definition) is 0. The van der Waals surface area contributed by atoms with E-state index in [0.717, 1.165) is 17.2 Å². The number of benzene rings is 1. The first-order valence-electron chi connectivity index (χ1n) is 5.25. The predicted molar refractivity (Wildman–Crippen MR) is 57.0 cm³/mol. The van der Waals surface area contributed by atoms with Crippen molar-refractivity contribution in [1.82, 2.24) is 0 Å². The van der Waals surface area contributed by atoms with Gasteiger partial charge >= 0.3 is 0 Å². The molecule has 0 aromatic heterocycles. The van der Waals surface area contributed by atoms with Crippen molar-refractivity contribution in [2.45, 2.75) is 37.7 Å². The molecule has 1 nitrogen and oxygen atoms in total. The van der Waals surface area contributed by atoms with Gasteiger partial charge in [-0.2, -0.15) is 0 Å². The lowest BCUT2D eigenvalue weighted by Gasteiger charge is -2.45. The molecule has 14 heavy (non-hydrogen) atoms. The highest BCUT2D eigenvalue weighted by molar-refractivity contribution is 6.30. The van der Waals surface area contributed by atoms with Crippen LogP contribution in [-0.4, -0.2) is 5.60 Å². The number of rotatable bonds is 0. The smallest absolute Gasteiger partial charge is 0.123 e. The van der Waals surface area contributed by atoms with E-state index < -0.39 is 0 Å². The Labute approximate surface area is 89.0 Å². The van der Waals surface area contributed by atoms with Crippen LogP contribution in [0.1, 0.15) is 31.2 Å². The summed E-state index contributed by atoms with van der Waals surface area (Å²) < 4.78 is 6.05. The normalized spacial score (nSPS) is 22.4. The fraction of sp³-hybridized carbons (Fsp3) is 0.500. The summed E-state index contributed by atoms with van der Waals surface area (Å²) in [6, 6.07) is 5.96. The van der Waals surface area contributed by atoms with Crippen LogP contribution in [0.15, 0.2) is 18.2 Å². The molecule has 0 N–H and O–H groups in total. The van der Waals surface area contributed by atoms with Gasteiger partial charge in [-0.25, -0.2) is 0 Å². The average Bonchev–Trinajstić information content (AvgIpc) is 2.15. The third kappa shape index (κ3) is 1.23. The van der Waals surface area contributed by atoms with Gasteiger partial charge in [0, 0.05) is 5.02 Å². The number of hydrogen-bond acceptors (Lipinski definition) is 1. The maximum absolute atomic E-state index is 6.05. The molecule has 2 aliphatic rings. The van der Waals surface area contributed by atoms with Crippen LogP contribution in [0.4, 0.5) is 0 Å². The molecule has 0 unspecified atom stereocenters. The molecule has 1 aliphatic heterocycles. The standard InChI is InChI=1S/C12H13ClO/c13-10-2-3-11-9(8-10)4-7-12(14-11)5-1-6-12/h2-3,8H,1,4-7H2. The zero-order valence-corrected chi connectivity index (χ0v) is 8.81. The quantitative estimate of drug-likeness (QED) is 0.633. The highest BCUT2D eigenvalue weighted by Crippen LogP contribution is 2.45. The SMILES string of the molecule is Clc1ccc2c(c1)CCC1(CCC1)O2. The monoisotopic (exact) mass is 208 g/mol. The molecule has 0 amide bonds. The van der Waals surface area contributed by atoms with Gasteiger partial charge in [0.2, 0.25) is 0 Å². The molecule has 3 rings (SSSR count). The van der Waals surface area contributed by atoms with Crippen LogP contribution >= 0.6 is 11.6 Å². The Morgan fingerprint density at radius 1 is 1.21 bits per heavy atom. The van der Waals surface area contributed by atoms with Gasteiger partial charge in [0.25, 0.3) is 0 Å². The summed E-state index contributed by atoms with van der Waals surface area (Å²) in [6.07, 6.45) is 6.07. The van der Waals surface area contributed by atoms with E-state index in [4.69, 9.17) is 16.3 Å². The van der Waals surface area contributed by atoms with Crippen molar-refractivity contribution >= 4 is 11.6 Å². The fourth-order valence-corrected chi connectivity index (χ4v) is 2.61. The van der Waals surface area contributed by atoms with Crippen molar-refractivity contribution < 1.29 is 4.74 Å². The summed E-state index contributed by atoms with van der Waals surface area (Å²) >= 11 is 5.94. The van der Waals surface area contributed by atoms with E-state index in [0.29, 0.717) is 0 Å². The van der Waals surface area contributed by atoms with E-state index in [1.807, 2.05) is 18.2 Å². The Balaban J connectivity index is 1.94. The number of fused-ring (bicyclic) bond motifs is 1. The van der Waals surface area contributed by atoms with E-state index in [2.05, 4.69) is 0 Å². The third-order valence-electron chi connectivity index (χ3n) is 3.46. The Morgan fingerprint density at radius 2 is 2.07 bits per heavy atom. The first kappa shape index (κ1) is 8.60. The average molecular weight is 209 g/mol. The molecular formula is C12H13ClO. The highest BCUT2D eigenvalue weighted by Gasteiger charge is 2.41. The topological polar surface area (TPSA) is 9.23 Å². The molecule has 74 valence electrons. The molecule has 1 aliphatic carbocycles. The van der Waals surface area contributed by atoms with Crippen molar-refractivity contribution in [1.29, 1.82) is 0 Å². The third-order valence-corrected chi connectivity index (χ3v) is 3.70. The van der Waals surface area contributed by atoms with Crippen molar-refractivity contribution in [3.05, 3.63) is 28.8 Å². The summed E-state index contributed by atoms with van der Waals surface area (Å²) in [5.41, 5.74) is 1.47. The van der Waals surface area contributed by atoms with Crippen LogP contribution < -0.4 is 4.74 Å². The minimum absolute atomic E-state index is 0.195. The van der Waals surface area contributed by atoms with Crippen molar-refractivity contribution in [2.24, 2.45) is 0 Å². The Morgan fingerprint density at radius 3 is 2.79 bits per heavy atom. The highest BCUT2D eigenvalue weighted by atomic mass is 35.5. The molecule has 1 saturated carbocycles. The number of aryl methyl sites for hydroxylation is 1. The molecule has 2 heteroatoms. The van der Waals surface area contributed by atoms with E-state index in [1.54, 1.807) is 0 Å². The van der Waals surface area contributed by atoms with Gasteiger partial charge in [-0.05, 0) is 55.9 Å². The van der Waals surface area contributed by atoms with Crippen LogP contribution in [0.25, 0.3) is 0 Å². The molecule has 1 aromatic rings. The minimum atomic E-state index is 0.195. The predicted octanol–water partition coefficient (Wildman–Crippen LogP) is 3.59. The largest absolute Gasteiger partial charge is 0.487 e. The number of halogens is 1. The lowest BCUT2D eigenvalue weighted by atomic mass is 9.74.